The van der Waals surface area contributed by atoms with Crippen molar-refractivity contribution < 1.29 is 9.59 Å². The van der Waals surface area contributed by atoms with E-state index in [0.29, 0.717) is 23.6 Å². The highest BCUT2D eigenvalue weighted by atomic mass is 32.2. The van der Waals surface area contributed by atoms with Crippen molar-refractivity contribution in [2.75, 3.05) is 30.7 Å². The average molecular weight is 457 g/mol. The van der Waals surface area contributed by atoms with Crippen LogP contribution in [0.2, 0.25) is 0 Å². The molecule has 1 N–H and O–H groups in total. The lowest BCUT2D eigenvalue weighted by Gasteiger charge is -2.16. The normalized spacial score (nSPS) is 15.7. The van der Waals surface area contributed by atoms with Gasteiger partial charge in [0.25, 0.3) is 5.91 Å². The molecule has 1 unspecified atom stereocenters. The Morgan fingerprint density at radius 3 is 2.61 bits per heavy atom. The molecule has 1 fully saturated rings. The van der Waals surface area contributed by atoms with Crippen LogP contribution >= 0.6 is 11.9 Å². The number of carbonyl (C=O) groups is 2. The zero-order valence-electron chi connectivity index (χ0n) is 18.5. The van der Waals surface area contributed by atoms with Crippen LogP contribution in [0, 0.1) is 5.92 Å². The van der Waals surface area contributed by atoms with Crippen LogP contribution in [0.1, 0.15) is 20.8 Å². The predicted molar refractivity (Wildman–Crippen MR) is 134 cm³/mol. The molecule has 3 heterocycles. The maximum atomic E-state index is 13.8. The van der Waals surface area contributed by atoms with Gasteiger partial charge in [0.15, 0.2) is 5.78 Å². The quantitative estimate of drug-likeness (QED) is 0.342. The summed E-state index contributed by atoms with van der Waals surface area (Å²) < 4.78 is 2.10. The van der Waals surface area contributed by atoms with E-state index in [1.54, 1.807) is 38.4 Å². The molecule has 5 rings (SSSR count). The van der Waals surface area contributed by atoms with Gasteiger partial charge in [-0.3, -0.25) is 14.6 Å². The molecule has 0 aliphatic carbocycles. The van der Waals surface area contributed by atoms with E-state index in [2.05, 4.69) is 14.3 Å². The van der Waals surface area contributed by atoms with Gasteiger partial charge in [-0.2, -0.15) is 0 Å². The van der Waals surface area contributed by atoms with Gasteiger partial charge in [-0.15, -0.1) is 0 Å². The van der Waals surface area contributed by atoms with Crippen LogP contribution in [0.3, 0.4) is 0 Å². The molecular formula is C26H24N4O2S. The minimum Gasteiger partial charge on any atom is -0.350 e. The Bertz CT molecular complexity index is 1320. The van der Waals surface area contributed by atoms with Gasteiger partial charge in [-0.25, -0.2) is 0 Å². The van der Waals surface area contributed by atoms with Crippen LogP contribution in [-0.2, 0) is 0 Å². The predicted octanol–water partition coefficient (Wildman–Crippen LogP) is 4.90. The van der Waals surface area contributed by atoms with Gasteiger partial charge in [0.2, 0.25) is 0 Å². The van der Waals surface area contributed by atoms with E-state index < -0.39 is 0 Å². The van der Waals surface area contributed by atoms with Crippen molar-refractivity contribution in [1.29, 1.82) is 0 Å². The Morgan fingerprint density at radius 1 is 1.06 bits per heavy atom. The summed E-state index contributed by atoms with van der Waals surface area (Å²) in [6.07, 6.45) is 3.54. The molecule has 33 heavy (non-hydrogen) atoms. The van der Waals surface area contributed by atoms with Gasteiger partial charge in [0.05, 0.1) is 23.4 Å². The molecule has 0 radical (unpaired) electrons. The minimum atomic E-state index is -0.211. The average Bonchev–Trinajstić information content (AvgIpc) is 3.49. The summed E-state index contributed by atoms with van der Waals surface area (Å²) in [6.45, 7) is 0.583. The summed E-state index contributed by atoms with van der Waals surface area (Å²) >= 11 is 1.62. The first-order valence-corrected chi connectivity index (χ1v) is 11.7. The Balaban J connectivity index is 1.53. The monoisotopic (exact) mass is 456 g/mol. The highest BCUT2D eigenvalue weighted by molar-refractivity contribution is 8.00. The molecule has 0 spiro atoms. The number of H-pyrrole nitrogens is 1. The second kappa shape index (κ2) is 8.75. The van der Waals surface area contributed by atoms with E-state index >= 15 is 0 Å². The van der Waals surface area contributed by atoms with Crippen LogP contribution in [0.5, 0.6) is 0 Å². The third-order valence-electron chi connectivity index (χ3n) is 5.89. The molecular weight excluding hydrogens is 432 g/mol. The Kier molecular flexibility index (Phi) is 5.64. The van der Waals surface area contributed by atoms with Gasteiger partial charge in [-0.05, 0) is 41.3 Å². The topological polar surface area (TPSA) is 69.3 Å². The second-order valence-electron chi connectivity index (χ2n) is 8.33. The smallest absolute Gasteiger partial charge is 0.270 e. The largest absolute Gasteiger partial charge is 0.350 e. The van der Waals surface area contributed by atoms with Crippen LogP contribution < -0.4 is 4.31 Å². The fourth-order valence-electron chi connectivity index (χ4n) is 4.18. The molecule has 166 valence electrons. The van der Waals surface area contributed by atoms with Crippen molar-refractivity contribution in [2.24, 2.45) is 5.92 Å². The summed E-state index contributed by atoms with van der Waals surface area (Å²) in [5.74, 6) is 0.248. The van der Waals surface area contributed by atoms with E-state index in [9.17, 15) is 9.59 Å². The molecule has 0 bridgehead atoms. The van der Waals surface area contributed by atoms with Gasteiger partial charge in [-0.1, -0.05) is 42.5 Å². The number of fused-ring (bicyclic) bond motifs is 1. The summed E-state index contributed by atoms with van der Waals surface area (Å²) in [5, 5.41) is 0.787. The van der Waals surface area contributed by atoms with E-state index in [1.165, 1.54) is 4.90 Å². The first-order valence-electron chi connectivity index (χ1n) is 10.8. The van der Waals surface area contributed by atoms with Crippen LogP contribution in [0.25, 0.3) is 22.0 Å². The van der Waals surface area contributed by atoms with Crippen LogP contribution in [-0.4, -0.2) is 53.0 Å². The number of Topliss-reactive ketones (excluding diaryl/α,β-unsaturated/α-hetero) is 1. The number of pyridine rings is 1. The number of benzene rings is 2. The lowest BCUT2D eigenvalue weighted by molar-refractivity contribution is 0.0813. The van der Waals surface area contributed by atoms with E-state index in [0.717, 1.165) is 27.7 Å². The number of amides is 1. The van der Waals surface area contributed by atoms with E-state index in [1.807, 2.05) is 60.7 Å². The van der Waals surface area contributed by atoms with Crippen molar-refractivity contribution in [3.05, 3.63) is 84.3 Å². The number of hydrogen-bond donors (Lipinski definition) is 1. The number of aromatic amines is 1. The number of nitrogens with zero attached hydrogens (tertiary/aromatic N) is 3. The highest BCUT2D eigenvalue weighted by Crippen LogP contribution is 2.36. The third-order valence-corrected chi connectivity index (χ3v) is 7.12. The molecule has 6 nitrogen and oxygen atoms in total. The molecule has 1 aliphatic rings. The summed E-state index contributed by atoms with van der Waals surface area (Å²) in [7, 11) is 3.40. The molecule has 2 aromatic carbocycles. The third kappa shape index (κ3) is 4.00. The first kappa shape index (κ1) is 21.3. The van der Waals surface area contributed by atoms with Gasteiger partial charge >= 0.3 is 0 Å². The SMILES string of the molecule is CN(C)C(=O)c1[nH]c2cc(-c3ccccc3)ccc2c1C(=O)C1CSN(c2cccnc2)C1. The summed E-state index contributed by atoms with van der Waals surface area (Å²) in [4.78, 5) is 35.7. The second-order valence-corrected chi connectivity index (χ2v) is 9.36. The minimum absolute atomic E-state index is 0.00204. The maximum Gasteiger partial charge on any atom is 0.270 e. The Labute approximate surface area is 196 Å². The Morgan fingerprint density at radius 2 is 1.88 bits per heavy atom. The number of aromatic nitrogens is 2. The maximum absolute atomic E-state index is 13.8. The fourth-order valence-corrected chi connectivity index (χ4v) is 5.34. The fraction of sp³-hybridized carbons (Fsp3) is 0.192. The molecule has 2 aromatic heterocycles. The van der Waals surface area contributed by atoms with E-state index in [4.69, 9.17) is 0 Å². The van der Waals surface area contributed by atoms with Crippen molar-refractivity contribution in [3.8, 4) is 11.1 Å². The zero-order chi connectivity index (χ0) is 22.9. The molecule has 0 saturated carbocycles. The number of anilines is 1. The van der Waals surface area contributed by atoms with Gasteiger partial charge in [0.1, 0.15) is 5.69 Å². The molecule has 4 aromatic rings. The van der Waals surface area contributed by atoms with E-state index in [-0.39, 0.29) is 17.6 Å². The standard InChI is InChI=1S/C26H24N4O2S/c1-29(2)26(32)24-23(25(31)19-15-30(33-16-19)20-9-6-12-27-14-20)21-11-10-18(13-22(21)28-24)17-7-4-3-5-8-17/h3-14,19,28H,15-16H2,1-2H3. The highest BCUT2D eigenvalue weighted by Gasteiger charge is 2.34. The first-order chi connectivity index (χ1) is 16.0. The summed E-state index contributed by atoms with van der Waals surface area (Å²) in [5.41, 5.74) is 4.73. The number of carbonyl (C=O) groups excluding carboxylic acids is 2. The molecule has 1 aliphatic heterocycles. The summed E-state index contributed by atoms with van der Waals surface area (Å²) in [6, 6.07) is 19.9. The van der Waals surface area contributed by atoms with Crippen molar-refractivity contribution in [3.63, 3.8) is 0 Å². The number of rotatable bonds is 5. The van der Waals surface area contributed by atoms with Crippen molar-refractivity contribution >= 4 is 40.2 Å². The number of ketones is 1. The molecule has 1 saturated heterocycles. The van der Waals surface area contributed by atoms with Crippen LogP contribution in [0.15, 0.2) is 73.1 Å². The molecule has 1 amide bonds. The van der Waals surface area contributed by atoms with Gasteiger partial charge < -0.3 is 14.2 Å². The molecule has 1 atom stereocenters. The van der Waals surface area contributed by atoms with Crippen molar-refractivity contribution in [2.45, 2.75) is 0 Å². The zero-order valence-corrected chi connectivity index (χ0v) is 19.3. The number of nitrogens with one attached hydrogen (secondary N) is 1. The van der Waals surface area contributed by atoms with Crippen LogP contribution in [0.4, 0.5) is 5.69 Å². The lowest BCUT2D eigenvalue weighted by Crippen LogP contribution is -2.27. The van der Waals surface area contributed by atoms with Gasteiger partial charge in [0, 0.05) is 43.5 Å². The number of hydrogen-bond acceptors (Lipinski definition) is 5. The molecule has 7 heteroatoms. The lowest BCUT2D eigenvalue weighted by atomic mass is 9.95. The Hall–Kier alpha value is -3.58. The van der Waals surface area contributed by atoms with Crippen molar-refractivity contribution in [1.82, 2.24) is 14.9 Å².